The summed E-state index contributed by atoms with van der Waals surface area (Å²) in [5.74, 6) is 1.44. The van der Waals surface area contributed by atoms with E-state index in [2.05, 4.69) is 47.5 Å². The SMILES string of the molecule is CC(CC(=O)N(C)C1CCCN(c2ccccc2)C1)C1CCCNC1.Cl.Cl. The molecule has 3 rings (SSSR count). The Morgan fingerprint density at radius 3 is 2.63 bits per heavy atom. The molecule has 0 spiro atoms. The van der Waals surface area contributed by atoms with Gasteiger partial charge in [0.15, 0.2) is 0 Å². The Hall–Kier alpha value is -0.970. The van der Waals surface area contributed by atoms with Crippen molar-refractivity contribution < 1.29 is 4.79 Å². The molecule has 2 aliphatic heterocycles. The van der Waals surface area contributed by atoms with Crippen LogP contribution in [0.4, 0.5) is 5.69 Å². The molecule has 0 aromatic heterocycles. The van der Waals surface area contributed by atoms with E-state index in [1.165, 1.54) is 18.5 Å². The zero-order valence-electron chi connectivity index (χ0n) is 16.6. The van der Waals surface area contributed by atoms with Crippen LogP contribution in [0.1, 0.15) is 39.0 Å². The van der Waals surface area contributed by atoms with Gasteiger partial charge in [-0.05, 0) is 62.7 Å². The quantitative estimate of drug-likeness (QED) is 0.789. The Labute approximate surface area is 176 Å². The van der Waals surface area contributed by atoms with E-state index in [0.29, 0.717) is 30.2 Å². The Morgan fingerprint density at radius 2 is 1.96 bits per heavy atom. The molecule has 1 aromatic rings. The number of likely N-dealkylation sites (N-methyl/N-ethyl adjacent to an activating group) is 1. The van der Waals surface area contributed by atoms with Crippen LogP contribution in [-0.4, -0.2) is 50.1 Å². The van der Waals surface area contributed by atoms with Crippen molar-refractivity contribution in [2.45, 2.75) is 45.1 Å². The van der Waals surface area contributed by atoms with Gasteiger partial charge in [0.05, 0.1) is 0 Å². The second-order valence-corrected chi connectivity index (χ2v) is 7.87. The Kier molecular flexibility index (Phi) is 10.5. The Morgan fingerprint density at radius 1 is 1.22 bits per heavy atom. The van der Waals surface area contributed by atoms with Gasteiger partial charge >= 0.3 is 0 Å². The lowest BCUT2D eigenvalue weighted by Crippen LogP contribution is -2.49. The number of amides is 1. The predicted molar refractivity (Wildman–Crippen MR) is 118 cm³/mol. The lowest BCUT2D eigenvalue weighted by molar-refractivity contribution is -0.133. The molecule has 3 atom stereocenters. The maximum Gasteiger partial charge on any atom is 0.222 e. The van der Waals surface area contributed by atoms with E-state index in [9.17, 15) is 4.79 Å². The van der Waals surface area contributed by atoms with E-state index < -0.39 is 0 Å². The second-order valence-electron chi connectivity index (χ2n) is 7.87. The molecule has 2 fully saturated rings. The molecule has 2 aliphatic rings. The first-order valence-corrected chi connectivity index (χ1v) is 9.91. The van der Waals surface area contributed by atoms with E-state index in [4.69, 9.17) is 0 Å². The standard InChI is InChI=1S/C21H33N3O.2ClH/c1-17(18-8-6-12-22-15-18)14-21(25)23(2)20-11-7-13-24(16-20)19-9-4-3-5-10-19;;/h3-5,9-10,17-18,20,22H,6-8,11-16H2,1-2H3;2*1H. The maximum absolute atomic E-state index is 12.8. The Bertz CT molecular complexity index is 552. The summed E-state index contributed by atoms with van der Waals surface area (Å²) >= 11 is 0. The summed E-state index contributed by atoms with van der Waals surface area (Å²) in [4.78, 5) is 17.3. The van der Waals surface area contributed by atoms with Gasteiger partial charge in [0, 0.05) is 38.3 Å². The van der Waals surface area contributed by atoms with Gasteiger partial charge in [0.1, 0.15) is 0 Å². The number of para-hydroxylation sites is 1. The number of piperidine rings is 2. The van der Waals surface area contributed by atoms with Crippen LogP contribution in [-0.2, 0) is 4.79 Å². The van der Waals surface area contributed by atoms with Crippen molar-refractivity contribution in [2.24, 2.45) is 11.8 Å². The van der Waals surface area contributed by atoms with Crippen LogP contribution in [0, 0.1) is 11.8 Å². The average Bonchev–Trinajstić information content (AvgIpc) is 2.68. The van der Waals surface area contributed by atoms with Crippen LogP contribution in [0.15, 0.2) is 30.3 Å². The molecule has 1 amide bonds. The number of nitrogens with zero attached hydrogens (tertiary/aromatic N) is 2. The van der Waals surface area contributed by atoms with Gasteiger partial charge in [-0.3, -0.25) is 4.79 Å². The summed E-state index contributed by atoms with van der Waals surface area (Å²) in [5.41, 5.74) is 1.27. The number of benzene rings is 1. The molecular weight excluding hydrogens is 381 g/mol. The molecule has 2 saturated heterocycles. The van der Waals surface area contributed by atoms with Crippen LogP contribution in [0.25, 0.3) is 0 Å². The second kappa shape index (κ2) is 11.8. The molecule has 1 aromatic carbocycles. The highest BCUT2D eigenvalue weighted by Crippen LogP contribution is 2.25. The fraction of sp³-hybridized carbons (Fsp3) is 0.667. The van der Waals surface area contributed by atoms with E-state index in [0.717, 1.165) is 39.0 Å². The Balaban J connectivity index is 0.00000182. The minimum atomic E-state index is 0. The van der Waals surface area contributed by atoms with Crippen molar-refractivity contribution in [3.8, 4) is 0 Å². The normalized spacial score (nSPS) is 23.6. The number of anilines is 1. The average molecular weight is 416 g/mol. The van der Waals surface area contributed by atoms with Crippen LogP contribution >= 0.6 is 24.8 Å². The largest absolute Gasteiger partial charge is 0.369 e. The van der Waals surface area contributed by atoms with Crippen LogP contribution < -0.4 is 10.2 Å². The lowest BCUT2D eigenvalue weighted by atomic mass is 9.85. The van der Waals surface area contributed by atoms with Gasteiger partial charge in [-0.1, -0.05) is 25.1 Å². The van der Waals surface area contributed by atoms with Gasteiger partial charge in [0.2, 0.25) is 5.91 Å². The molecule has 2 heterocycles. The third kappa shape index (κ3) is 6.55. The van der Waals surface area contributed by atoms with Crippen molar-refractivity contribution in [3.63, 3.8) is 0 Å². The van der Waals surface area contributed by atoms with Gasteiger partial charge in [-0.25, -0.2) is 0 Å². The first kappa shape index (κ1) is 24.1. The number of halogens is 2. The van der Waals surface area contributed by atoms with Crippen molar-refractivity contribution >= 4 is 36.4 Å². The number of hydrogen-bond acceptors (Lipinski definition) is 3. The minimum Gasteiger partial charge on any atom is -0.369 e. The fourth-order valence-corrected chi connectivity index (χ4v) is 4.30. The number of nitrogens with one attached hydrogen (secondary N) is 1. The summed E-state index contributed by atoms with van der Waals surface area (Å²) in [7, 11) is 2.01. The zero-order chi connectivity index (χ0) is 17.6. The van der Waals surface area contributed by atoms with Crippen molar-refractivity contribution in [1.29, 1.82) is 0 Å². The van der Waals surface area contributed by atoms with Gasteiger partial charge in [0.25, 0.3) is 0 Å². The fourth-order valence-electron chi connectivity index (χ4n) is 4.30. The van der Waals surface area contributed by atoms with Crippen molar-refractivity contribution in [2.75, 3.05) is 38.1 Å². The van der Waals surface area contributed by atoms with E-state index in [1.54, 1.807) is 0 Å². The summed E-state index contributed by atoms with van der Waals surface area (Å²) in [6, 6.07) is 10.9. The van der Waals surface area contributed by atoms with Gasteiger partial charge in [-0.15, -0.1) is 24.8 Å². The zero-order valence-corrected chi connectivity index (χ0v) is 18.2. The molecule has 1 N–H and O–H groups in total. The van der Waals surface area contributed by atoms with E-state index in [-0.39, 0.29) is 24.8 Å². The highest BCUT2D eigenvalue weighted by molar-refractivity contribution is 5.85. The maximum atomic E-state index is 12.8. The molecule has 6 heteroatoms. The smallest absolute Gasteiger partial charge is 0.222 e. The summed E-state index contributed by atoms with van der Waals surface area (Å²) in [6.45, 7) is 6.50. The van der Waals surface area contributed by atoms with Crippen molar-refractivity contribution in [1.82, 2.24) is 10.2 Å². The number of carbonyl (C=O) groups is 1. The number of hydrogen-bond donors (Lipinski definition) is 1. The first-order chi connectivity index (χ1) is 12.1. The molecular formula is C21H35Cl2N3O. The van der Waals surface area contributed by atoms with Gasteiger partial charge in [-0.2, -0.15) is 0 Å². The molecule has 27 heavy (non-hydrogen) atoms. The molecule has 3 unspecified atom stereocenters. The van der Waals surface area contributed by atoms with Crippen molar-refractivity contribution in [3.05, 3.63) is 30.3 Å². The van der Waals surface area contributed by atoms with E-state index >= 15 is 0 Å². The molecule has 0 saturated carbocycles. The lowest BCUT2D eigenvalue weighted by Gasteiger charge is -2.39. The highest BCUT2D eigenvalue weighted by Gasteiger charge is 2.29. The van der Waals surface area contributed by atoms with E-state index in [1.807, 2.05) is 11.9 Å². The summed E-state index contributed by atoms with van der Waals surface area (Å²) in [5, 5.41) is 3.47. The van der Waals surface area contributed by atoms with Crippen LogP contribution in [0.2, 0.25) is 0 Å². The van der Waals surface area contributed by atoms with Gasteiger partial charge < -0.3 is 15.1 Å². The molecule has 4 nitrogen and oxygen atoms in total. The summed E-state index contributed by atoms with van der Waals surface area (Å²) in [6.07, 6.45) is 5.46. The monoisotopic (exact) mass is 415 g/mol. The predicted octanol–water partition coefficient (Wildman–Crippen LogP) is 3.98. The summed E-state index contributed by atoms with van der Waals surface area (Å²) < 4.78 is 0. The molecule has 0 radical (unpaired) electrons. The third-order valence-electron chi connectivity index (χ3n) is 6.10. The van der Waals surface area contributed by atoms with Crippen LogP contribution in [0.3, 0.4) is 0 Å². The molecule has 0 bridgehead atoms. The highest BCUT2D eigenvalue weighted by atomic mass is 35.5. The molecule has 154 valence electrons. The minimum absolute atomic E-state index is 0. The molecule has 0 aliphatic carbocycles. The topological polar surface area (TPSA) is 35.6 Å². The number of carbonyl (C=O) groups excluding carboxylic acids is 1. The van der Waals surface area contributed by atoms with Crippen LogP contribution in [0.5, 0.6) is 0 Å². The first-order valence-electron chi connectivity index (χ1n) is 9.91. The third-order valence-corrected chi connectivity index (χ3v) is 6.10. The number of rotatable bonds is 5.